The van der Waals surface area contributed by atoms with E-state index in [0.29, 0.717) is 12.2 Å². The van der Waals surface area contributed by atoms with E-state index in [1.54, 1.807) is 13.8 Å². The quantitative estimate of drug-likeness (QED) is 0.593. The Hall–Kier alpha value is -2.58. The summed E-state index contributed by atoms with van der Waals surface area (Å²) in [5.74, 6) is -0.756. The molecule has 0 aliphatic heterocycles. The average molecular weight is 373 g/mol. The molecule has 0 atom stereocenters. The molecule has 1 N–H and O–H groups in total. The van der Waals surface area contributed by atoms with Crippen molar-refractivity contribution >= 4 is 5.91 Å². The monoisotopic (exact) mass is 373 g/mol. The Morgan fingerprint density at radius 2 is 1.92 bits per heavy atom. The third kappa shape index (κ3) is 4.96. The van der Waals surface area contributed by atoms with Crippen LogP contribution in [0.5, 0.6) is 5.75 Å². The normalized spacial score (nSPS) is 11.7. The fourth-order valence-electron chi connectivity index (χ4n) is 2.29. The Morgan fingerprint density at radius 1 is 1.27 bits per heavy atom. The summed E-state index contributed by atoms with van der Waals surface area (Å²) in [4.78, 5) is 12.1. The first-order valence-electron chi connectivity index (χ1n) is 8.01. The van der Waals surface area contributed by atoms with Crippen molar-refractivity contribution in [2.75, 3.05) is 13.2 Å². The molecule has 0 bridgehead atoms. The number of carbonyl (C=O) groups is 1. The highest BCUT2D eigenvalue weighted by Crippen LogP contribution is 2.33. The molecule has 5 nitrogen and oxygen atoms in total. The highest BCUT2D eigenvalue weighted by molar-refractivity contribution is 5.95. The SMILES string of the molecule is CC(C)n1ncc(C(=O)NCCCOc2ccc(F)cc2)c1C(F)(F)F. The van der Waals surface area contributed by atoms with E-state index < -0.39 is 29.4 Å². The first-order chi connectivity index (χ1) is 12.2. The zero-order valence-electron chi connectivity index (χ0n) is 14.3. The van der Waals surface area contributed by atoms with Gasteiger partial charge in [0.05, 0.1) is 18.4 Å². The van der Waals surface area contributed by atoms with Crippen LogP contribution in [0.15, 0.2) is 30.5 Å². The lowest BCUT2D eigenvalue weighted by molar-refractivity contribution is -0.145. The van der Waals surface area contributed by atoms with Gasteiger partial charge in [-0.2, -0.15) is 18.3 Å². The maximum atomic E-state index is 13.2. The van der Waals surface area contributed by atoms with E-state index in [0.717, 1.165) is 10.9 Å². The van der Waals surface area contributed by atoms with E-state index in [1.165, 1.54) is 24.3 Å². The van der Waals surface area contributed by atoms with Crippen molar-refractivity contribution in [3.63, 3.8) is 0 Å². The summed E-state index contributed by atoms with van der Waals surface area (Å²) in [6, 6.07) is 4.90. The van der Waals surface area contributed by atoms with E-state index in [-0.39, 0.29) is 19.0 Å². The largest absolute Gasteiger partial charge is 0.494 e. The summed E-state index contributed by atoms with van der Waals surface area (Å²) in [6.45, 7) is 3.46. The minimum atomic E-state index is -4.68. The number of nitrogens with one attached hydrogen (secondary N) is 1. The van der Waals surface area contributed by atoms with E-state index in [9.17, 15) is 22.4 Å². The van der Waals surface area contributed by atoms with Gasteiger partial charge in [0, 0.05) is 12.6 Å². The van der Waals surface area contributed by atoms with Crippen LogP contribution in [0.4, 0.5) is 17.6 Å². The molecular weight excluding hydrogens is 354 g/mol. The van der Waals surface area contributed by atoms with Crippen LogP contribution in [-0.2, 0) is 6.18 Å². The van der Waals surface area contributed by atoms with E-state index in [4.69, 9.17) is 4.74 Å². The number of halogens is 4. The van der Waals surface area contributed by atoms with Gasteiger partial charge in [0.15, 0.2) is 5.69 Å². The van der Waals surface area contributed by atoms with Crippen molar-refractivity contribution in [3.05, 3.63) is 47.5 Å². The minimum Gasteiger partial charge on any atom is -0.494 e. The predicted octanol–water partition coefficient (Wildman–Crippen LogP) is 3.82. The van der Waals surface area contributed by atoms with Crippen LogP contribution in [0.3, 0.4) is 0 Å². The smallest absolute Gasteiger partial charge is 0.433 e. The number of aromatic nitrogens is 2. The second-order valence-electron chi connectivity index (χ2n) is 5.85. The second-order valence-corrected chi connectivity index (χ2v) is 5.85. The molecular formula is C17H19F4N3O2. The Balaban J connectivity index is 1.89. The molecule has 1 heterocycles. The Morgan fingerprint density at radius 3 is 2.50 bits per heavy atom. The lowest BCUT2D eigenvalue weighted by Gasteiger charge is -2.15. The molecule has 0 aliphatic rings. The van der Waals surface area contributed by atoms with E-state index >= 15 is 0 Å². The average Bonchev–Trinajstić information content (AvgIpc) is 3.02. The van der Waals surface area contributed by atoms with Crippen LogP contribution in [0.2, 0.25) is 0 Å². The van der Waals surface area contributed by atoms with Crippen molar-refractivity contribution in [3.8, 4) is 5.75 Å². The molecule has 1 aromatic carbocycles. The van der Waals surface area contributed by atoms with Crippen molar-refractivity contribution in [2.45, 2.75) is 32.5 Å². The number of hydrogen-bond donors (Lipinski definition) is 1. The van der Waals surface area contributed by atoms with Crippen LogP contribution in [0.25, 0.3) is 0 Å². The number of nitrogens with zero attached hydrogens (tertiary/aromatic N) is 2. The van der Waals surface area contributed by atoms with Gasteiger partial charge in [-0.3, -0.25) is 9.48 Å². The molecule has 0 radical (unpaired) electrons. The number of alkyl halides is 3. The number of amides is 1. The minimum absolute atomic E-state index is 0.129. The first-order valence-corrected chi connectivity index (χ1v) is 8.01. The van der Waals surface area contributed by atoms with Crippen molar-refractivity contribution in [1.82, 2.24) is 15.1 Å². The van der Waals surface area contributed by atoms with Crippen LogP contribution >= 0.6 is 0 Å². The fourth-order valence-corrected chi connectivity index (χ4v) is 2.29. The Labute approximate surface area is 148 Å². The lowest BCUT2D eigenvalue weighted by atomic mass is 10.2. The van der Waals surface area contributed by atoms with Crippen LogP contribution in [-0.4, -0.2) is 28.8 Å². The number of ether oxygens (including phenoxy) is 1. The molecule has 142 valence electrons. The first kappa shape index (κ1) is 19.7. The van der Waals surface area contributed by atoms with Crippen LogP contribution < -0.4 is 10.1 Å². The molecule has 9 heteroatoms. The molecule has 26 heavy (non-hydrogen) atoms. The lowest BCUT2D eigenvalue weighted by Crippen LogP contribution is -2.28. The predicted molar refractivity (Wildman–Crippen MR) is 86.5 cm³/mol. The number of benzene rings is 1. The summed E-state index contributed by atoms with van der Waals surface area (Å²) in [6.07, 6.45) is -3.38. The Bertz CT molecular complexity index is 739. The number of carbonyl (C=O) groups excluding carboxylic acids is 1. The zero-order valence-corrected chi connectivity index (χ0v) is 14.3. The molecule has 1 aromatic heterocycles. The van der Waals surface area contributed by atoms with Gasteiger partial charge in [0.1, 0.15) is 11.6 Å². The van der Waals surface area contributed by atoms with Crippen LogP contribution in [0.1, 0.15) is 42.4 Å². The standard InChI is InChI=1S/C17H19F4N3O2/c1-11(2)24-15(17(19,20)21)14(10-23-24)16(25)22-8-3-9-26-13-6-4-12(18)5-7-13/h4-7,10-11H,3,8-9H2,1-2H3,(H,22,25). The van der Waals surface area contributed by atoms with Crippen molar-refractivity contribution in [2.24, 2.45) is 0 Å². The molecule has 0 unspecified atom stereocenters. The number of hydrogen-bond acceptors (Lipinski definition) is 3. The van der Waals surface area contributed by atoms with Crippen molar-refractivity contribution in [1.29, 1.82) is 0 Å². The van der Waals surface area contributed by atoms with Gasteiger partial charge in [-0.15, -0.1) is 0 Å². The van der Waals surface area contributed by atoms with Crippen LogP contribution in [0, 0.1) is 5.82 Å². The van der Waals surface area contributed by atoms with E-state index in [2.05, 4.69) is 10.4 Å². The molecule has 0 fully saturated rings. The summed E-state index contributed by atoms with van der Waals surface area (Å²) in [7, 11) is 0. The third-order valence-electron chi connectivity index (χ3n) is 3.49. The zero-order chi connectivity index (χ0) is 19.3. The number of rotatable bonds is 7. The molecule has 2 aromatic rings. The van der Waals surface area contributed by atoms with Crippen molar-refractivity contribution < 1.29 is 27.1 Å². The second kappa shape index (κ2) is 8.20. The van der Waals surface area contributed by atoms with E-state index in [1.807, 2.05) is 0 Å². The van der Waals surface area contributed by atoms with Gasteiger partial charge in [-0.05, 0) is 44.5 Å². The van der Waals surface area contributed by atoms with Gasteiger partial charge < -0.3 is 10.1 Å². The third-order valence-corrected chi connectivity index (χ3v) is 3.49. The molecule has 2 rings (SSSR count). The highest BCUT2D eigenvalue weighted by atomic mass is 19.4. The molecule has 1 amide bonds. The molecule has 0 saturated heterocycles. The summed E-state index contributed by atoms with van der Waals surface area (Å²) >= 11 is 0. The molecule has 0 spiro atoms. The molecule has 0 saturated carbocycles. The van der Waals surface area contributed by atoms with Gasteiger partial charge in [0.2, 0.25) is 0 Å². The maximum absolute atomic E-state index is 13.2. The molecule has 0 aliphatic carbocycles. The van der Waals surface area contributed by atoms with Gasteiger partial charge in [0.25, 0.3) is 5.91 Å². The highest BCUT2D eigenvalue weighted by Gasteiger charge is 2.40. The summed E-state index contributed by atoms with van der Waals surface area (Å²) < 4.78 is 58.6. The summed E-state index contributed by atoms with van der Waals surface area (Å²) in [5, 5.41) is 6.10. The fraction of sp³-hybridized carbons (Fsp3) is 0.412. The Kier molecular flexibility index (Phi) is 6.23. The topological polar surface area (TPSA) is 56.2 Å². The van der Waals surface area contributed by atoms with Gasteiger partial charge in [-0.25, -0.2) is 4.39 Å². The summed E-state index contributed by atoms with van der Waals surface area (Å²) in [5.41, 5.74) is -1.57. The van der Waals surface area contributed by atoms with Gasteiger partial charge in [-0.1, -0.05) is 0 Å². The van der Waals surface area contributed by atoms with Gasteiger partial charge >= 0.3 is 6.18 Å². The maximum Gasteiger partial charge on any atom is 0.433 e.